The molecule has 1 aliphatic carbocycles. The van der Waals surface area contributed by atoms with Crippen LogP contribution in [0, 0.1) is 0 Å². The van der Waals surface area contributed by atoms with Gasteiger partial charge in [0.1, 0.15) is 11.5 Å². The Kier molecular flexibility index (Phi) is 5.59. The molecule has 0 heterocycles. The highest BCUT2D eigenvalue weighted by Crippen LogP contribution is 2.25. The molecule has 3 rings (SSSR count). The fourth-order valence-electron chi connectivity index (χ4n) is 2.72. The maximum absolute atomic E-state index is 9.42. The van der Waals surface area contributed by atoms with Gasteiger partial charge in [0, 0.05) is 12.0 Å². The Balaban J connectivity index is 1.76. The van der Waals surface area contributed by atoms with Crippen LogP contribution in [0.3, 0.4) is 0 Å². The third-order valence-electron chi connectivity index (χ3n) is 4.26. The molecule has 0 radical (unpaired) electrons. The van der Waals surface area contributed by atoms with Crippen LogP contribution in [0.5, 0.6) is 11.5 Å². The first-order chi connectivity index (χ1) is 12.6. The van der Waals surface area contributed by atoms with Gasteiger partial charge in [0.2, 0.25) is 0 Å². The fourth-order valence-corrected chi connectivity index (χ4v) is 2.72. The molecule has 132 valence electrons. The molecule has 0 fully saturated rings. The average molecular weight is 346 g/mol. The molecule has 26 heavy (non-hydrogen) atoms. The van der Waals surface area contributed by atoms with Crippen LogP contribution in [0.1, 0.15) is 29.5 Å². The van der Waals surface area contributed by atoms with Gasteiger partial charge in [-0.2, -0.15) is 0 Å². The van der Waals surface area contributed by atoms with E-state index < -0.39 is 0 Å². The van der Waals surface area contributed by atoms with E-state index in [4.69, 9.17) is 4.74 Å². The van der Waals surface area contributed by atoms with Crippen LogP contribution in [0.15, 0.2) is 72.0 Å². The van der Waals surface area contributed by atoms with Gasteiger partial charge in [0.15, 0.2) is 0 Å². The van der Waals surface area contributed by atoms with Crippen molar-refractivity contribution in [2.45, 2.75) is 12.8 Å². The first-order valence-electron chi connectivity index (χ1n) is 8.56. The van der Waals surface area contributed by atoms with Crippen LogP contribution in [-0.4, -0.2) is 17.3 Å². The zero-order chi connectivity index (χ0) is 18.4. The Labute approximate surface area is 153 Å². The summed E-state index contributed by atoms with van der Waals surface area (Å²) in [5.41, 5.74) is 4.25. The highest BCUT2D eigenvalue weighted by Gasteiger charge is 2.04. The maximum Gasteiger partial charge on any atom is 0.126 e. The number of aliphatic hydroxyl groups excluding tert-OH is 1. The van der Waals surface area contributed by atoms with E-state index >= 15 is 0 Å². The molecule has 1 aliphatic rings. The number of allylic oxidation sites excluding steroid dienone is 5. The van der Waals surface area contributed by atoms with Gasteiger partial charge in [-0.05, 0) is 47.4 Å². The van der Waals surface area contributed by atoms with E-state index in [1.54, 1.807) is 25.3 Å². The van der Waals surface area contributed by atoms with Crippen molar-refractivity contribution in [3.05, 3.63) is 88.7 Å². The van der Waals surface area contributed by atoms with E-state index in [0.29, 0.717) is 12.2 Å². The quantitative estimate of drug-likeness (QED) is 0.678. The number of rotatable bonds is 5. The lowest BCUT2D eigenvalue weighted by atomic mass is 10.0. The number of hydrogen-bond acceptors (Lipinski definition) is 3. The Hall–Kier alpha value is -3.20. The SMILES string of the molecule is COc1cc(/C=C/c2ccc(O)cc2)ccc1/C=C/C1=CC=C(O)CC1. The van der Waals surface area contributed by atoms with Gasteiger partial charge >= 0.3 is 0 Å². The molecule has 3 nitrogen and oxygen atoms in total. The summed E-state index contributed by atoms with van der Waals surface area (Å²) in [4.78, 5) is 0. The number of aromatic hydroxyl groups is 1. The number of phenols is 1. The maximum atomic E-state index is 9.42. The second-order valence-electron chi connectivity index (χ2n) is 6.16. The minimum absolute atomic E-state index is 0.263. The van der Waals surface area contributed by atoms with Gasteiger partial charge in [0.25, 0.3) is 0 Å². The lowest BCUT2D eigenvalue weighted by molar-refractivity contribution is 0.386. The smallest absolute Gasteiger partial charge is 0.126 e. The third kappa shape index (κ3) is 4.67. The van der Waals surface area contributed by atoms with Crippen molar-refractivity contribution in [3.63, 3.8) is 0 Å². The molecule has 0 saturated heterocycles. The molecule has 0 aliphatic heterocycles. The lowest BCUT2D eigenvalue weighted by Gasteiger charge is -2.09. The number of aliphatic hydroxyl groups is 1. The molecule has 0 unspecified atom stereocenters. The van der Waals surface area contributed by atoms with Crippen LogP contribution in [0.25, 0.3) is 18.2 Å². The van der Waals surface area contributed by atoms with Gasteiger partial charge in [-0.25, -0.2) is 0 Å². The van der Waals surface area contributed by atoms with Crippen molar-refractivity contribution in [1.29, 1.82) is 0 Å². The van der Waals surface area contributed by atoms with Gasteiger partial charge in [-0.1, -0.05) is 54.6 Å². The van der Waals surface area contributed by atoms with Crippen molar-refractivity contribution in [1.82, 2.24) is 0 Å². The predicted molar refractivity (Wildman–Crippen MR) is 107 cm³/mol. The highest BCUT2D eigenvalue weighted by molar-refractivity contribution is 5.72. The summed E-state index contributed by atoms with van der Waals surface area (Å²) in [6.45, 7) is 0. The van der Waals surface area contributed by atoms with E-state index in [2.05, 4.69) is 6.08 Å². The first kappa shape index (κ1) is 17.6. The summed E-state index contributed by atoms with van der Waals surface area (Å²) in [7, 11) is 1.67. The third-order valence-corrected chi connectivity index (χ3v) is 4.26. The summed E-state index contributed by atoms with van der Waals surface area (Å²) >= 11 is 0. The fraction of sp³-hybridized carbons (Fsp3) is 0.130. The lowest BCUT2D eigenvalue weighted by Crippen LogP contribution is -1.91. The Morgan fingerprint density at radius 3 is 2.23 bits per heavy atom. The van der Waals surface area contributed by atoms with E-state index in [0.717, 1.165) is 28.9 Å². The number of hydrogen-bond donors (Lipinski definition) is 2. The summed E-state index contributed by atoms with van der Waals surface area (Å²) in [6, 6.07) is 13.1. The van der Waals surface area contributed by atoms with Crippen LogP contribution in [-0.2, 0) is 0 Å². The second kappa shape index (κ2) is 8.26. The molecule has 0 atom stereocenters. The molecular formula is C23H22O3. The highest BCUT2D eigenvalue weighted by atomic mass is 16.5. The molecule has 3 heteroatoms. The summed E-state index contributed by atoms with van der Waals surface area (Å²) < 4.78 is 5.52. The molecule has 0 spiro atoms. The van der Waals surface area contributed by atoms with E-state index in [1.165, 1.54) is 5.57 Å². The van der Waals surface area contributed by atoms with Gasteiger partial charge in [-0.3, -0.25) is 0 Å². The molecule has 0 bridgehead atoms. The number of ether oxygens (including phenoxy) is 1. The van der Waals surface area contributed by atoms with Gasteiger partial charge in [-0.15, -0.1) is 0 Å². The number of methoxy groups -OCH3 is 1. The molecule has 2 N–H and O–H groups in total. The topological polar surface area (TPSA) is 49.7 Å². The standard InChI is InChI=1S/C23H22O3/c1-26-23-16-19(3-2-17-6-12-21(24)13-7-17)5-11-20(23)10-4-18-8-14-22(25)15-9-18/h2-8,10-14,16,24-25H,9,15H2,1H3/b3-2+,10-4+. The van der Waals surface area contributed by atoms with Crippen LogP contribution < -0.4 is 4.74 Å². The van der Waals surface area contributed by atoms with Gasteiger partial charge in [0.05, 0.1) is 12.9 Å². The first-order valence-corrected chi connectivity index (χ1v) is 8.56. The minimum atomic E-state index is 0.263. The molecule has 2 aromatic rings. The summed E-state index contributed by atoms with van der Waals surface area (Å²) in [5, 5.41) is 18.8. The van der Waals surface area contributed by atoms with E-state index in [-0.39, 0.29) is 5.75 Å². The monoisotopic (exact) mass is 346 g/mol. The largest absolute Gasteiger partial charge is 0.512 e. The summed E-state index contributed by atoms with van der Waals surface area (Å²) in [6.07, 6.45) is 13.3. The van der Waals surface area contributed by atoms with E-state index in [9.17, 15) is 10.2 Å². The summed E-state index contributed by atoms with van der Waals surface area (Å²) in [5.74, 6) is 1.51. The molecular weight excluding hydrogens is 324 g/mol. The van der Waals surface area contributed by atoms with Crippen molar-refractivity contribution in [2.75, 3.05) is 7.11 Å². The van der Waals surface area contributed by atoms with Crippen LogP contribution in [0.2, 0.25) is 0 Å². The van der Waals surface area contributed by atoms with Crippen molar-refractivity contribution < 1.29 is 14.9 Å². The predicted octanol–water partition coefficient (Wildman–Crippen LogP) is 5.75. The second-order valence-corrected chi connectivity index (χ2v) is 6.16. The average Bonchev–Trinajstić information content (AvgIpc) is 2.67. The van der Waals surface area contributed by atoms with Crippen molar-refractivity contribution in [2.24, 2.45) is 0 Å². The van der Waals surface area contributed by atoms with E-state index in [1.807, 2.05) is 54.6 Å². The van der Waals surface area contributed by atoms with Crippen LogP contribution >= 0.6 is 0 Å². The Morgan fingerprint density at radius 2 is 1.54 bits per heavy atom. The zero-order valence-electron chi connectivity index (χ0n) is 14.7. The Morgan fingerprint density at radius 1 is 0.808 bits per heavy atom. The van der Waals surface area contributed by atoms with Gasteiger partial charge < -0.3 is 14.9 Å². The Bertz CT molecular complexity index is 884. The molecule has 0 saturated carbocycles. The molecule has 0 aromatic heterocycles. The van der Waals surface area contributed by atoms with Crippen LogP contribution in [0.4, 0.5) is 0 Å². The minimum Gasteiger partial charge on any atom is -0.512 e. The number of phenolic OH excluding ortho intramolecular Hbond substituents is 1. The number of benzene rings is 2. The normalized spacial score (nSPS) is 14.5. The van der Waals surface area contributed by atoms with Crippen molar-refractivity contribution >= 4 is 18.2 Å². The molecule has 2 aromatic carbocycles. The zero-order valence-corrected chi connectivity index (χ0v) is 14.7. The molecule has 0 amide bonds. The van der Waals surface area contributed by atoms with Crippen molar-refractivity contribution in [3.8, 4) is 11.5 Å².